The van der Waals surface area contributed by atoms with Gasteiger partial charge >= 0.3 is 12.1 Å². The lowest BCUT2D eigenvalue weighted by molar-refractivity contribution is -0.157. The number of nitrogens with zero attached hydrogens (tertiary/aromatic N) is 2. The van der Waals surface area contributed by atoms with Crippen molar-refractivity contribution in [2.24, 2.45) is 4.36 Å². The zero-order chi connectivity index (χ0) is 21.4. The largest absolute Gasteiger partial charge is 0.469 e. The third-order valence-corrected chi connectivity index (χ3v) is 5.66. The Bertz CT molecular complexity index is 1180. The van der Waals surface area contributed by atoms with Crippen molar-refractivity contribution in [3.8, 4) is 11.3 Å². The van der Waals surface area contributed by atoms with Gasteiger partial charge in [-0.25, -0.2) is 13.6 Å². The molecule has 0 saturated heterocycles. The quantitative estimate of drug-likeness (QED) is 0.501. The molecule has 0 spiro atoms. The number of halogens is 5. The first kappa shape index (κ1) is 21.0. The highest BCUT2D eigenvalue weighted by Gasteiger charge is 2.38. The van der Waals surface area contributed by atoms with Gasteiger partial charge in [0, 0.05) is 22.3 Å². The topological polar surface area (TPSA) is 72.5 Å². The molecule has 0 aliphatic carbocycles. The van der Waals surface area contributed by atoms with Crippen molar-refractivity contribution in [1.29, 1.82) is 0 Å². The van der Waals surface area contributed by atoms with Crippen LogP contribution in [0.25, 0.3) is 11.3 Å². The Hall–Kier alpha value is -2.72. The summed E-state index contributed by atoms with van der Waals surface area (Å²) in [7, 11) is -3.12. The molecule has 1 aromatic heterocycles. The van der Waals surface area contributed by atoms with Crippen LogP contribution in [0.2, 0.25) is 5.22 Å². The summed E-state index contributed by atoms with van der Waals surface area (Å²) in [5.41, 5.74) is -0.0109. The Morgan fingerprint density at radius 1 is 1.10 bits per heavy atom. The number of amides is 1. The maximum atomic E-state index is 13.0. The van der Waals surface area contributed by atoms with E-state index in [0.717, 1.165) is 12.1 Å². The number of aromatic nitrogens is 1. The average Bonchev–Trinajstić information content (AvgIpc) is 3.04. The Kier molecular flexibility index (Phi) is 5.50. The maximum Gasteiger partial charge on any atom is 0.469 e. The second-order valence-electron chi connectivity index (χ2n) is 5.87. The van der Waals surface area contributed by atoms with Crippen LogP contribution in [0.1, 0.15) is 16.2 Å². The first-order valence-corrected chi connectivity index (χ1v) is 10.1. The maximum absolute atomic E-state index is 13.0. The van der Waals surface area contributed by atoms with Crippen molar-refractivity contribution < 1.29 is 31.0 Å². The molecule has 3 rings (SSSR count). The molecule has 1 heterocycles. The van der Waals surface area contributed by atoms with E-state index in [9.17, 15) is 26.6 Å². The van der Waals surface area contributed by atoms with Gasteiger partial charge in [-0.05, 0) is 48.0 Å². The van der Waals surface area contributed by atoms with Crippen molar-refractivity contribution in [3.05, 3.63) is 71.0 Å². The van der Waals surface area contributed by atoms with E-state index >= 15 is 0 Å². The SMILES string of the molecule is CS(=O)(=NC(=O)c1ccc(-c2nc(C(F)(F)F)oc2Cl)cc1)c1ccc(F)cc1. The molecule has 0 radical (unpaired) electrons. The van der Waals surface area contributed by atoms with E-state index in [-0.39, 0.29) is 21.7 Å². The van der Waals surface area contributed by atoms with E-state index in [1.807, 2.05) is 0 Å². The van der Waals surface area contributed by atoms with Crippen LogP contribution in [0.4, 0.5) is 17.6 Å². The van der Waals surface area contributed by atoms with Gasteiger partial charge in [0.05, 0.1) is 9.73 Å². The van der Waals surface area contributed by atoms with Crippen molar-refractivity contribution >= 4 is 27.2 Å². The highest BCUT2D eigenvalue weighted by Crippen LogP contribution is 2.35. The van der Waals surface area contributed by atoms with Crippen LogP contribution < -0.4 is 0 Å². The molecule has 0 aliphatic rings. The fourth-order valence-electron chi connectivity index (χ4n) is 2.32. The Morgan fingerprint density at radius 2 is 1.69 bits per heavy atom. The molecular weight excluding hydrogens is 436 g/mol. The van der Waals surface area contributed by atoms with Gasteiger partial charge in [0.25, 0.3) is 5.91 Å². The van der Waals surface area contributed by atoms with Gasteiger partial charge in [0.1, 0.15) is 11.5 Å². The van der Waals surface area contributed by atoms with Gasteiger partial charge in [-0.1, -0.05) is 12.1 Å². The molecule has 0 saturated carbocycles. The summed E-state index contributed by atoms with van der Waals surface area (Å²) < 4.78 is 71.8. The summed E-state index contributed by atoms with van der Waals surface area (Å²) in [5.74, 6) is -2.82. The van der Waals surface area contributed by atoms with E-state index in [2.05, 4.69) is 13.8 Å². The first-order chi connectivity index (χ1) is 13.5. The number of benzene rings is 2. The van der Waals surface area contributed by atoms with Crippen molar-refractivity contribution in [1.82, 2.24) is 4.98 Å². The van der Waals surface area contributed by atoms with E-state index in [1.165, 1.54) is 42.7 Å². The molecule has 0 bridgehead atoms. The Morgan fingerprint density at radius 3 is 2.21 bits per heavy atom. The fourth-order valence-corrected chi connectivity index (χ4v) is 3.71. The predicted molar refractivity (Wildman–Crippen MR) is 97.4 cm³/mol. The summed E-state index contributed by atoms with van der Waals surface area (Å²) >= 11 is 5.67. The number of hydrogen-bond acceptors (Lipinski definition) is 4. The third kappa shape index (κ3) is 4.65. The molecule has 2 aromatic carbocycles. The van der Waals surface area contributed by atoms with Gasteiger partial charge < -0.3 is 4.42 Å². The van der Waals surface area contributed by atoms with Gasteiger partial charge in [0.15, 0.2) is 0 Å². The lowest BCUT2D eigenvalue weighted by Gasteiger charge is -2.04. The lowest BCUT2D eigenvalue weighted by atomic mass is 10.1. The summed E-state index contributed by atoms with van der Waals surface area (Å²) in [6.07, 6.45) is -3.56. The Labute approximate surface area is 167 Å². The summed E-state index contributed by atoms with van der Waals surface area (Å²) in [4.78, 5) is 15.8. The van der Waals surface area contributed by atoms with Crippen LogP contribution >= 0.6 is 11.6 Å². The monoisotopic (exact) mass is 446 g/mol. The van der Waals surface area contributed by atoms with Crippen molar-refractivity contribution in [2.45, 2.75) is 11.1 Å². The zero-order valence-electron chi connectivity index (χ0n) is 14.5. The molecule has 5 nitrogen and oxygen atoms in total. The normalized spacial score (nSPS) is 13.7. The smallest absolute Gasteiger partial charge is 0.420 e. The van der Waals surface area contributed by atoms with E-state index in [1.54, 1.807) is 0 Å². The second-order valence-corrected chi connectivity index (χ2v) is 8.47. The molecule has 29 heavy (non-hydrogen) atoms. The van der Waals surface area contributed by atoms with Gasteiger partial charge in [-0.2, -0.15) is 17.5 Å². The zero-order valence-corrected chi connectivity index (χ0v) is 16.1. The Balaban J connectivity index is 1.89. The summed E-state index contributed by atoms with van der Waals surface area (Å²) in [6, 6.07) is 9.90. The van der Waals surface area contributed by atoms with Crippen LogP contribution in [-0.4, -0.2) is 21.4 Å². The number of oxazole rings is 1. The third-order valence-electron chi connectivity index (χ3n) is 3.74. The van der Waals surface area contributed by atoms with Crippen molar-refractivity contribution in [2.75, 3.05) is 6.26 Å². The van der Waals surface area contributed by atoms with Gasteiger partial charge in [0.2, 0.25) is 5.22 Å². The number of carbonyl (C=O) groups excluding carboxylic acids is 1. The van der Waals surface area contributed by atoms with E-state index in [4.69, 9.17) is 11.6 Å². The molecule has 3 aromatic rings. The van der Waals surface area contributed by atoms with Gasteiger partial charge in [-0.15, -0.1) is 0 Å². The molecule has 1 amide bonds. The highest BCUT2D eigenvalue weighted by atomic mass is 35.5. The molecule has 152 valence electrons. The minimum atomic E-state index is -4.79. The van der Waals surface area contributed by atoms with E-state index in [0.29, 0.717) is 0 Å². The summed E-state index contributed by atoms with van der Waals surface area (Å²) in [5, 5.41) is -0.547. The molecule has 0 aliphatic heterocycles. The van der Waals surface area contributed by atoms with Crippen LogP contribution in [0.5, 0.6) is 0 Å². The van der Waals surface area contributed by atoms with Crippen LogP contribution in [-0.2, 0) is 15.9 Å². The molecule has 0 N–H and O–H groups in total. The minimum Gasteiger partial charge on any atom is -0.420 e. The van der Waals surface area contributed by atoms with E-state index < -0.39 is 38.7 Å². The number of rotatable bonds is 3. The standard InChI is InChI=1S/C18H11ClF4N2O3S/c1-29(27,13-8-6-12(20)7-9-13)25-16(26)11-4-2-10(3-5-11)14-15(19)28-17(24-14)18(21,22)23/h2-9H,1H3. The molecule has 1 unspecified atom stereocenters. The highest BCUT2D eigenvalue weighted by molar-refractivity contribution is 7.93. The summed E-state index contributed by atoms with van der Waals surface area (Å²) in [6.45, 7) is 0. The predicted octanol–water partition coefficient (Wildman–Crippen LogP) is 5.45. The number of alkyl halides is 3. The molecule has 1 atom stereocenters. The average molecular weight is 447 g/mol. The minimum absolute atomic E-state index is 0.0427. The van der Waals surface area contributed by atoms with Crippen LogP contribution in [0, 0.1) is 5.82 Å². The van der Waals surface area contributed by atoms with Crippen LogP contribution in [0.15, 0.2) is 62.2 Å². The van der Waals surface area contributed by atoms with Gasteiger partial charge in [-0.3, -0.25) is 4.79 Å². The number of carbonyl (C=O) groups is 1. The molecular formula is C18H11ClF4N2O3S. The lowest BCUT2D eigenvalue weighted by Crippen LogP contribution is -2.05. The van der Waals surface area contributed by atoms with Crippen LogP contribution in [0.3, 0.4) is 0 Å². The number of hydrogen-bond donors (Lipinski definition) is 0. The fraction of sp³-hybridized carbons (Fsp3) is 0.111. The molecule has 11 heteroatoms. The second kappa shape index (κ2) is 7.60. The van der Waals surface area contributed by atoms with Crippen molar-refractivity contribution in [3.63, 3.8) is 0 Å². The molecule has 0 fully saturated rings. The first-order valence-electron chi connectivity index (χ1n) is 7.83.